The average Bonchev–Trinajstić information content (AvgIpc) is 3.02. The van der Waals surface area contributed by atoms with E-state index in [0.29, 0.717) is 12.8 Å². The lowest BCUT2D eigenvalue weighted by Crippen LogP contribution is -2.35. The number of anilines is 1. The van der Waals surface area contributed by atoms with Gasteiger partial charge in [0.2, 0.25) is 5.91 Å². The molecule has 0 spiro atoms. The fourth-order valence-corrected chi connectivity index (χ4v) is 1.97. The maximum absolute atomic E-state index is 13.5. The van der Waals surface area contributed by atoms with Crippen molar-refractivity contribution in [1.29, 1.82) is 0 Å². The SMILES string of the molecule is Cc1ccc(NC(=O)C2(C(N)=S)CC2)c(F)c1. The molecule has 3 N–H and O–H groups in total. The molecule has 1 aromatic rings. The number of amides is 1. The summed E-state index contributed by atoms with van der Waals surface area (Å²) in [5.41, 5.74) is 5.74. The van der Waals surface area contributed by atoms with Crippen LogP contribution in [0.25, 0.3) is 0 Å². The van der Waals surface area contributed by atoms with Crippen molar-refractivity contribution in [2.75, 3.05) is 5.32 Å². The van der Waals surface area contributed by atoms with Crippen LogP contribution in [0.4, 0.5) is 10.1 Å². The molecule has 1 aliphatic carbocycles. The molecule has 1 aliphatic rings. The van der Waals surface area contributed by atoms with E-state index in [1.807, 2.05) is 0 Å². The van der Waals surface area contributed by atoms with Crippen molar-refractivity contribution >= 4 is 28.8 Å². The lowest BCUT2D eigenvalue weighted by molar-refractivity contribution is -0.118. The van der Waals surface area contributed by atoms with Gasteiger partial charge in [-0.1, -0.05) is 18.3 Å². The minimum Gasteiger partial charge on any atom is -0.392 e. The lowest BCUT2D eigenvalue weighted by atomic mass is 10.1. The minimum atomic E-state index is -0.757. The molecule has 0 atom stereocenters. The van der Waals surface area contributed by atoms with Crippen LogP contribution in [0.1, 0.15) is 18.4 Å². The van der Waals surface area contributed by atoms with E-state index in [2.05, 4.69) is 5.32 Å². The summed E-state index contributed by atoms with van der Waals surface area (Å²) in [6, 6.07) is 4.65. The molecule has 0 unspecified atom stereocenters. The number of benzene rings is 1. The van der Waals surface area contributed by atoms with Crippen LogP contribution in [0.15, 0.2) is 18.2 Å². The van der Waals surface area contributed by atoms with Crippen molar-refractivity contribution in [3.63, 3.8) is 0 Å². The molecule has 0 radical (unpaired) electrons. The van der Waals surface area contributed by atoms with Crippen LogP contribution >= 0.6 is 12.2 Å². The van der Waals surface area contributed by atoms with Crippen molar-refractivity contribution in [2.45, 2.75) is 19.8 Å². The molecule has 1 fully saturated rings. The molecule has 90 valence electrons. The highest BCUT2D eigenvalue weighted by molar-refractivity contribution is 7.80. The summed E-state index contributed by atoms with van der Waals surface area (Å²) < 4.78 is 13.5. The predicted molar refractivity (Wildman–Crippen MR) is 68.2 cm³/mol. The summed E-state index contributed by atoms with van der Waals surface area (Å²) in [4.78, 5) is 12.1. The smallest absolute Gasteiger partial charge is 0.237 e. The number of carbonyl (C=O) groups is 1. The first-order valence-corrected chi connectivity index (χ1v) is 5.74. The van der Waals surface area contributed by atoms with E-state index in [1.165, 1.54) is 12.1 Å². The number of carbonyl (C=O) groups excluding carboxylic acids is 1. The highest BCUT2D eigenvalue weighted by Gasteiger charge is 2.52. The van der Waals surface area contributed by atoms with Gasteiger partial charge in [-0.25, -0.2) is 4.39 Å². The summed E-state index contributed by atoms with van der Waals surface area (Å²) in [6.45, 7) is 1.78. The normalized spacial score (nSPS) is 16.4. The maximum atomic E-state index is 13.5. The molecule has 1 aromatic carbocycles. The summed E-state index contributed by atoms with van der Waals surface area (Å²) in [6.07, 6.45) is 1.28. The summed E-state index contributed by atoms with van der Waals surface area (Å²) in [7, 11) is 0. The van der Waals surface area contributed by atoms with Crippen LogP contribution in [0.3, 0.4) is 0 Å². The zero-order chi connectivity index (χ0) is 12.6. The van der Waals surface area contributed by atoms with Gasteiger partial charge in [-0.05, 0) is 37.5 Å². The lowest BCUT2D eigenvalue weighted by Gasteiger charge is -2.14. The average molecular weight is 252 g/mol. The van der Waals surface area contributed by atoms with Gasteiger partial charge in [-0.15, -0.1) is 0 Å². The molecule has 0 saturated heterocycles. The van der Waals surface area contributed by atoms with E-state index in [-0.39, 0.29) is 16.6 Å². The molecule has 0 bridgehead atoms. The Bertz CT molecular complexity index is 497. The van der Waals surface area contributed by atoms with E-state index in [4.69, 9.17) is 18.0 Å². The number of aryl methyl sites for hydroxylation is 1. The van der Waals surface area contributed by atoms with Gasteiger partial charge in [0, 0.05) is 0 Å². The topological polar surface area (TPSA) is 55.1 Å². The number of nitrogens with two attached hydrogens (primary N) is 1. The Labute approximate surface area is 104 Å². The van der Waals surface area contributed by atoms with Crippen molar-refractivity contribution < 1.29 is 9.18 Å². The minimum absolute atomic E-state index is 0.170. The third-order valence-corrected chi connectivity index (χ3v) is 3.42. The number of halogens is 1. The maximum Gasteiger partial charge on any atom is 0.237 e. The molecule has 1 amide bonds. The zero-order valence-corrected chi connectivity index (χ0v) is 10.2. The number of hydrogen-bond donors (Lipinski definition) is 2. The number of thiocarbonyl (C=S) groups is 1. The van der Waals surface area contributed by atoms with E-state index < -0.39 is 11.2 Å². The number of hydrogen-bond acceptors (Lipinski definition) is 2. The van der Waals surface area contributed by atoms with E-state index in [9.17, 15) is 9.18 Å². The molecular formula is C12H13FN2OS. The van der Waals surface area contributed by atoms with Gasteiger partial charge in [-0.2, -0.15) is 0 Å². The Balaban J connectivity index is 2.17. The molecule has 2 rings (SSSR count). The monoisotopic (exact) mass is 252 g/mol. The summed E-state index contributed by atoms with van der Waals surface area (Å²) in [5, 5.41) is 2.54. The third-order valence-electron chi connectivity index (χ3n) is 3.03. The molecule has 3 nitrogen and oxygen atoms in total. The standard InChI is InChI=1S/C12H13FN2OS/c1-7-2-3-9(8(13)6-7)15-11(16)12(4-5-12)10(14)17/h2-3,6H,4-5H2,1H3,(H2,14,17)(H,15,16). The second kappa shape index (κ2) is 4.07. The molecule has 0 heterocycles. The van der Waals surface area contributed by atoms with E-state index >= 15 is 0 Å². The van der Waals surface area contributed by atoms with Gasteiger partial charge in [0.15, 0.2) is 0 Å². The number of rotatable bonds is 3. The summed E-state index contributed by atoms with van der Waals surface area (Å²) in [5.74, 6) is -0.759. The van der Waals surface area contributed by atoms with Gasteiger partial charge in [0.05, 0.1) is 16.1 Å². The van der Waals surface area contributed by atoms with Crippen molar-refractivity contribution in [3.8, 4) is 0 Å². The Morgan fingerprint density at radius 2 is 2.18 bits per heavy atom. The Morgan fingerprint density at radius 3 is 2.65 bits per heavy atom. The van der Waals surface area contributed by atoms with E-state index in [0.717, 1.165) is 5.56 Å². The first-order chi connectivity index (χ1) is 7.95. The fraction of sp³-hybridized carbons (Fsp3) is 0.333. The zero-order valence-electron chi connectivity index (χ0n) is 9.42. The van der Waals surface area contributed by atoms with Crippen molar-refractivity contribution in [2.24, 2.45) is 11.1 Å². The quantitative estimate of drug-likeness (QED) is 0.810. The van der Waals surface area contributed by atoms with Gasteiger partial charge >= 0.3 is 0 Å². The van der Waals surface area contributed by atoms with Crippen LogP contribution < -0.4 is 11.1 Å². The highest BCUT2D eigenvalue weighted by Crippen LogP contribution is 2.46. The second-order valence-electron chi connectivity index (χ2n) is 4.38. The van der Waals surface area contributed by atoms with Gasteiger partial charge in [0.25, 0.3) is 0 Å². The van der Waals surface area contributed by atoms with Crippen LogP contribution in [0, 0.1) is 18.2 Å². The van der Waals surface area contributed by atoms with Gasteiger partial charge in [0.1, 0.15) is 5.82 Å². The third kappa shape index (κ3) is 2.15. The Hall–Kier alpha value is -1.49. The first kappa shape index (κ1) is 12.0. The van der Waals surface area contributed by atoms with Crippen LogP contribution in [0.2, 0.25) is 0 Å². The van der Waals surface area contributed by atoms with Gasteiger partial charge < -0.3 is 11.1 Å². The molecule has 17 heavy (non-hydrogen) atoms. The van der Waals surface area contributed by atoms with Crippen LogP contribution in [-0.4, -0.2) is 10.9 Å². The predicted octanol–water partition coefficient (Wildman–Crippen LogP) is 2.14. The molecule has 1 saturated carbocycles. The van der Waals surface area contributed by atoms with Gasteiger partial charge in [-0.3, -0.25) is 4.79 Å². The fourth-order valence-electron chi connectivity index (χ4n) is 1.67. The number of nitrogens with one attached hydrogen (secondary N) is 1. The first-order valence-electron chi connectivity index (χ1n) is 5.33. The van der Waals surface area contributed by atoms with Crippen LogP contribution in [0.5, 0.6) is 0 Å². The second-order valence-corrected chi connectivity index (χ2v) is 4.82. The van der Waals surface area contributed by atoms with Crippen LogP contribution in [-0.2, 0) is 4.79 Å². The highest BCUT2D eigenvalue weighted by atomic mass is 32.1. The molecular weight excluding hydrogens is 239 g/mol. The van der Waals surface area contributed by atoms with E-state index in [1.54, 1.807) is 13.0 Å². The Kier molecular flexibility index (Phi) is 2.87. The Morgan fingerprint density at radius 1 is 1.53 bits per heavy atom. The largest absolute Gasteiger partial charge is 0.392 e. The molecule has 0 aliphatic heterocycles. The molecule has 0 aromatic heterocycles. The van der Waals surface area contributed by atoms with Crippen molar-refractivity contribution in [3.05, 3.63) is 29.6 Å². The summed E-state index contributed by atoms with van der Waals surface area (Å²) >= 11 is 4.86. The van der Waals surface area contributed by atoms with Crippen molar-refractivity contribution in [1.82, 2.24) is 0 Å². The molecule has 5 heteroatoms.